The molecule has 0 aromatic carbocycles. The van der Waals surface area contributed by atoms with Gasteiger partial charge in [0.1, 0.15) is 0 Å². The molecule has 76 heavy (non-hydrogen) atoms. The maximum absolute atomic E-state index is 11.9. The average Bonchev–Trinajstić information content (AvgIpc) is 3.42. The second kappa shape index (κ2) is 72.0. The maximum atomic E-state index is 11.9. The van der Waals surface area contributed by atoms with Gasteiger partial charge in [0.05, 0.1) is 12.5 Å². The van der Waals surface area contributed by atoms with Crippen molar-refractivity contribution in [2.45, 2.75) is 439 Å². The van der Waals surface area contributed by atoms with Crippen LogP contribution in [0.1, 0.15) is 439 Å². The third-order valence-corrected chi connectivity index (χ3v) is 16.9. The zero-order valence-corrected chi connectivity index (χ0v) is 53.2. The molecular formula is C72H144O4. The summed E-state index contributed by atoms with van der Waals surface area (Å²) in [7, 11) is 0. The summed E-state index contributed by atoms with van der Waals surface area (Å²) in [5.41, 5.74) is 0. The molecule has 0 saturated carbocycles. The van der Waals surface area contributed by atoms with Crippen molar-refractivity contribution in [3.05, 3.63) is 0 Å². The van der Waals surface area contributed by atoms with Gasteiger partial charge in [-0.15, -0.1) is 0 Å². The number of rotatable bonds is 66. The van der Waals surface area contributed by atoms with E-state index in [1.807, 2.05) is 0 Å². The molecule has 4 heteroatoms. The minimum atomic E-state index is -0.555. The Labute approximate surface area is 480 Å². The number of aliphatic carboxylic acids is 1. The van der Waals surface area contributed by atoms with Crippen molar-refractivity contribution in [2.75, 3.05) is 6.61 Å². The van der Waals surface area contributed by atoms with E-state index in [-0.39, 0.29) is 11.9 Å². The molecule has 0 fully saturated rings. The topological polar surface area (TPSA) is 63.6 Å². The Morgan fingerprint density at radius 3 is 0.618 bits per heavy atom. The molecular weight excluding hydrogens is 929 g/mol. The second-order valence-corrected chi connectivity index (χ2v) is 24.7. The number of unbranched alkanes of at least 4 members (excludes halogenated alkanes) is 57. The maximum Gasteiger partial charge on any atom is 0.306 e. The summed E-state index contributed by atoms with van der Waals surface area (Å²) in [6, 6.07) is 0. The van der Waals surface area contributed by atoms with Gasteiger partial charge in [-0.25, -0.2) is 0 Å². The van der Waals surface area contributed by atoms with E-state index in [2.05, 4.69) is 27.7 Å². The Morgan fingerprint density at radius 1 is 0.250 bits per heavy atom. The molecule has 1 N–H and O–H groups in total. The zero-order chi connectivity index (χ0) is 55.4. The van der Waals surface area contributed by atoms with Crippen LogP contribution in [0, 0.1) is 5.92 Å². The summed E-state index contributed by atoms with van der Waals surface area (Å²) in [5.74, 6) is -0.625. The lowest BCUT2D eigenvalue weighted by molar-refractivity contribution is -0.144. The molecule has 0 aliphatic rings. The van der Waals surface area contributed by atoms with Crippen LogP contribution in [0.5, 0.6) is 0 Å². The summed E-state index contributed by atoms with van der Waals surface area (Å²) in [5, 5.41) is 9.60. The molecule has 456 valence electrons. The van der Waals surface area contributed by atoms with Crippen LogP contribution in [0.3, 0.4) is 0 Å². The van der Waals surface area contributed by atoms with Crippen LogP contribution in [-0.4, -0.2) is 23.7 Å². The Kier molecular flexibility index (Phi) is 72.9. The SMILES string of the molecule is CCCCCCCCCCCCCCCCCCC(CCCCCCCCCCCCCCCC)C(=O)O.CCCCCCCCCCCCCCCCCCOC(=O)CCCCCCCCCCCCCCCCC. The highest BCUT2D eigenvalue weighted by Gasteiger charge is 2.16. The van der Waals surface area contributed by atoms with Gasteiger partial charge >= 0.3 is 11.9 Å². The second-order valence-electron chi connectivity index (χ2n) is 24.7. The summed E-state index contributed by atoms with van der Waals surface area (Å²) in [6.45, 7) is 9.79. The van der Waals surface area contributed by atoms with E-state index in [4.69, 9.17) is 4.74 Å². The number of ether oxygens (including phenoxy) is 1. The first-order chi connectivity index (χ1) is 37.5. The Hall–Kier alpha value is -1.06. The molecule has 0 aromatic heterocycles. The molecule has 1 atom stereocenters. The summed E-state index contributed by atoms with van der Waals surface area (Å²) in [6.07, 6.45) is 85.9. The van der Waals surface area contributed by atoms with E-state index in [9.17, 15) is 14.7 Å². The first kappa shape index (κ1) is 77.0. The Morgan fingerprint density at radius 2 is 0.421 bits per heavy atom. The van der Waals surface area contributed by atoms with Gasteiger partial charge in [-0.3, -0.25) is 9.59 Å². The van der Waals surface area contributed by atoms with E-state index in [0.29, 0.717) is 13.0 Å². The predicted molar refractivity (Wildman–Crippen MR) is 340 cm³/mol. The highest BCUT2D eigenvalue weighted by Crippen LogP contribution is 2.22. The van der Waals surface area contributed by atoms with Crippen LogP contribution < -0.4 is 0 Å². The highest BCUT2D eigenvalue weighted by molar-refractivity contribution is 5.70. The van der Waals surface area contributed by atoms with Crippen LogP contribution in [0.4, 0.5) is 0 Å². The molecule has 0 saturated heterocycles. The van der Waals surface area contributed by atoms with Crippen LogP contribution in [-0.2, 0) is 14.3 Å². The quantitative estimate of drug-likeness (QED) is 0.0487. The monoisotopic (exact) mass is 1070 g/mol. The number of carbonyl (C=O) groups excluding carboxylic acids is 1. The smallest absolute Gasteiger partial charge is 0.306 e. The zero-order valence-electron chi connectivity index (χ0n) is 53.2. The van der Waals surface area contributed by atoms with Crippen molar-refractivity contribution in [3.63, 3.8) is 0 Å². The van der Waals surface area contributed by atoms with Crippen LogP contribution in [0.25, 0.3) is 0 Å². The fourth-order valence-electron chi connectivity index (χ4n) is 11.5. The van der Waals surface area contributed by atoms with Crippen molar-refractivity contribution in [1.29, 1.82) is 0 Å². The van der Waals surface area contributed by atoms with Gasteiger partial charge in [0, 0.05) is 6.42 Å². The van der Waals surface area contributed by atoms with Crippen molar-refractivity contribution >= 4 is 11.9 Å². The van der Waals surface area contributed by atoms with Crippen molar-refractivity contribution in [2.24, 2.45) is 5.92 Å². The third-order valence-electron chi connectivity index (χ3n) is 16.9. The van der Waals surface area contributed by atoms with Crippen LogP contribution in [0.15, 0.2) is 0 Å². The minimum absolute atomic E-state index is 0.0284. The van der Waals surface area contributed by atoms with Gasteiger partial charge in [-0.05, 0) is 25.7 Å². The molecule has 0 bridgehead atoms. The van der Waals surface area contributed by atoms with Gasteiger partial charge < -0.3 is 9.84 Å². The van der Waals surface area contributed by atoms with Gasteiger partial charge in [-0.1, -0.05) is 407 Å². The van der Waals surface area contributed by atoms with Gasteiger partial charge in [0.25, 0.3) is 0 Å². The number of hydrogen-bond acceptors (Lipinski definition) is 3. The van der Waals surface area contributed by atoms with Crippen LogP contribution in [0.2, 0.25) is 0 Å². The van der Waals surface area contributed by atoms with Gasteiger partial charge in [0.15, 0.2) is 0 Å². The van der Waals surface area contributed by atoms with E-state index < -0.39 is 5.97 Å². The number of hydrogen-bond donors (Lipinski definition) is 1. The number of carboxylic acid groups (broad SMARTS) is 1. The first-order valence-corrected chi connectivity index (χ1v) is 35.9. The lowest BCUT2D eigenvalue weighted by atomic mass is 9.94. The Balaban J connectivity index is 0. The lowest BCUT2D eigenvalue weighted by Crippen LogP contribution is -2.13. The molecule has 0 heterocycles. The molecule has 0 aromatic rings. The molecule has 0 rings (SSSR count). The minimum Gasteiger partial charge on any atom is -0.481 e. The van der Waals surface area contributed by atoms with Crippen LogP contribution >= 0.6 is 0 Å². The lowest BCUT2D eigenvalue weighted by Gasteiger charge is -2.12. The number of carbonyl (C=O) groups is 2. The largest absolute Gasteiger partial charge is 0.481 e. The fourth-order valence-corrected chi connectivity index (χ4v) is 11.5. The molecule has 0 radical (unpaired) electrons. The number of carboxylic acids is 1. The molecule has 0 aliphatic heterocycles. The Bertz CT molecular complexity index is 1040. The van der Waals surface area contributed by atoms with Crippen molar-refractivity contribution in [1.82, 2.24) is 0 Å². The van der Waals surface area contributed by atoms with E-state index >= 15 is 0 Å². The molecule has 0 amide bonds. The van der Waals surface area contributed by atoms with Crippen molar-refractivity contribution in [3.8, 4) is 0 Å². The average molecular weight is 1070 g/mol. The molecule has 0 aliphatic carbocycles. The van der Waals surface area contributed by atoms with E-state index in [0.717, 1.165) is 38.5 Å². The van der Waals surface area contributed by atoms with Gasteiger partial charge in [0.2, 0.25) is 0 Å². The number of esters is 1. The molecule has 4 nitrogen and oxygen atoms in total. The molecule has 0 spiro atoms. The normalized spacial score (nSPS) is 11.8. The van der Waals surface area contributed by atoms with Crippen molar-refractivity contribution < 1.29 is 19.4 Å². The fraction of sp³-hybridized carbons (Fsp3) is 0.972. The highest BCUT2D eigenvalue weighted by atomic mass is 16.5. The standard InChI is InChI=1S/2C36H72O2/c1-3-5-7-9-11-13-15-17-19-20-22-24-26-28-30-32-34-35(36(37)38)33-31-29-27-25-23-21-18-16-14-12-10-8-6-4-2;1-3-5-7-9-11-13-15-17-19-21-23-25-27-29-31-33-35-38-36(37)34-32-30-28-26-24-22-20-18-16-14-12-10-8-6-4-2/h35H,3-34H2,1-2H3,(H,37,38);3-35H2,1-2H3. The summed E-state index contributed by atoms with van der Waals surface area (Å²) < 4.78 is 5.44. The summed E-state index contributed by atoms with van der Waals surface area (Å²) in [4.78, 5) is 23.6. The first-order valence-electron chi connectivity index (χ1n) is 35.9. The van der Waals surface area contributed by atoms with E-state index in [1.54, 1.807) is 0 Å². The third kappa shape index (κ3) is 71.0. The molecule has 1 unspecified atom stereocenters. The van der Waals surface area contributed by atoms with E-state index in [1.165, 1.54) is 366 Å². The predicted octanol–water partition coefficient (Wildman–Crippen LogP) is 26.3. The van der Waals surface area contributed by atoms with Gasteiger partial charge in [-0.2, -0.15) is 0 Å². The summed E-state index contributed by atoms with van der Waals surface area (Å²) >= 11 is 0.